The molecule has 1 saturated heterocycles. The number of hydrogen-bond donors (Lipinski definition) is 1. The molecule has 3 aliphatic heterocycles. The molecule has 0 aromatic heterocycles. The second-order valence-electron chi connectivity index (χ2n) is 8.61. The largest absolute Gasteiger partial charge is 0.477 e. The maximum atomic E-state index is 12.7. The number of carboxylic acid groups (broad SMARTS) is 1. The number of hydrogen-bond acceptors (Lipinski definition) is 6. The van der Waals surface area contributed by atoms with Crippen molar-refractivity contribution in [2.75, 3.05) is 11.4 Å². The number of aliphatic carboxylic acids is 1. The van der Waals surface area contributed by atoms with Crippen molar-refractivity contribution < 1.29 is 24.2 Å². The fourth-order valence-corrected chi connectivity index (χ4v) is 5.76. The van der Waals surface area contributed by atoms with Crippen LogP contribution in [0, 0.1) is 0 Å². The maximum absolute atomic E-state index is 12.7. The van der Waals surface area contributed by atoms with Gasteiger partial charge in [0.25, 0.3) is 5.91 Å². The van der Waals surface area contributed by atoms with Crippen molar-refractivity contribution >= 4 is 41.2 Å². The second-order valence-corrected chi connectivity index (χ2v) is 9.57. The van der Waals surface area contributed by atoms with Gasteiger partial charge >= 0.3 is 5.97 Å². The number of thioether (sulfide) groups is 1. The van der Waals surface area contributed by atoms with E-state index >= 15 is 0 Å². The van der Waals surface area contributed by atoms with Crippen molar-refractivity contribution in [1.29, 1.82) is 0 Å². The first-order valence-corrected chi connectivity index (χ1v) is 12.1. The third-order valence-corrected chi connectivity index (χ3v) is 7.47. The summed E-state index contributed by atoms with van der Waals surface area (Å²) in [4.78, 5) is 40.2. The fraction of sp³-hybridized carbons (Fsp3) is 0.148. The van der Waals surface area contributed by atoms with Gasteiger partial charge in [0.1, 0.15) is 16.8 Å². The Kier molecular flexibility index (Phi) is 5.11. The number of fused-ring (bicyclic) bond motifs is 2. The first-order valence-electron chi connectivity index (χ1n) is 11.2. The summed E-state index contributed by atoms with van der Waals surface area (Å²) in [6, 6.07) is 15.7. The monoisotopic (exact) mass is 484 g/mol. The molecule has 1 N–H and O–H groups in total. The number of carbonyl (C=O) groups excluding carboxylic acids is 2. The van der Waals surface area contributed by atoms with Gasteiger partial charge < -0.3 is 14.7 Å². The molecule has 0 bridgehead atoms. The molecule has 8 heteroatoms. The van der Waals surface area contributed by atoms with Crippen LogP contribution in [0.2, 0.25) is 0 Å². The number of β-lactam (4-membered cyclic amide) rings is 1. The Bertz CT molecular complexity index is 1410. The molecule has 3 heterocycles. The highest BCUT2D eigenvalue weighted by atomic mass is 32.2. The average Bonchev–Trinajstić information content (AvgIpc) is 3.19. The van der Waals surface area contributed by atoms with E-state index in [1.165, 1.54) is 22.1 Å². The molecule has 0 radical (unpaired) electrons. The molecule has 7 nitrogen and oxygen atoms in total. The number of benzene rings is 2. The van der Waals surface area contributed by atoms with Crippen molar-refractivity contribution in [3.63, 3.8) is 0 Å². The minimum Gasteiger partial charge on any atom is -0.477 e. The number of carbonyl (C=O) groups is 3. The number of Topliss-reactive ketones (excluding diaryl/α,β-unsaturated/α-hetero) is 1. The molecule has 1 aliphatic carbocycles. The molecule has 35 heavy (non-hydrogen) atoms. The van der Waals surface area contributed by atoms with Crippen LogP contribution in [-0.4, -0.2) is 39.6 Å². The Hall–Kier alpha value is -4.04. The van der Waals surface area contributed by atoms with Gasteiger partial charge in [0.2, 0.25) is 0 Å². The maximum Gasteiger partial charge on any atom is 0.353 e. The van der Waals surface area contributed by atoms with E-state index in [0.717, 1.165) is 16.8 Å². The SMILES string of the molecule is O=C(O)C1=CS[C@@H]2/C(=C/c3ccc4c(c3)N(Cc3ccccc3)CC3=C(C=CCC3=O)O4)C(=O)N12. The lowest BCUT2D eigenvalue weighted by Gasteiger charge is -2.37. The molecule has 0 saturated carbocycles. The Morgan fingerprint density at radius 2 is 2.00 bits per heavy atom. The predicted octanol–water partition coefficient (Wildman–Crippen LogP) is 4.09. The van der Waals surface area contributed by atoms with Gasteiger partial charge in [-0.1, -0.05) is 42.5 Å². The fourth-order valence-electron chi connectivity index (χ4n) is 4.64. The van der Waals surface area contributed by atoms with Crippen LogP contribution in [0.1, 0.15) is 17.5 Å². The standard InChI is InChI=1S/C27H20N2O5S/c30-22-7-4-8-23-19(22)14-28(13-16-5-2-1-3-6-16)20-12-17(9-10-24(20)34-23)11-18-25(31)29-21(27(32)33)15-35-26(18)29/h1-6,8-12,15,26H,7,13-14H2,(H,32,33)/b18-11+/t26-/m1/s1. The summed E-state index contributed by atoms with van der Waals surface area (Å²) >= 11 is 1.31. The van der Waals surface area contributed by atoms with Gasteiger partial charge in [-0.25, -0.2) is 4.79 Å². The van der Waals surface area contributed by atoms with E-state index in [9.17, 15) is 19.5 Å². The summed E-state index contributed by atoms with van der Waals surface area (Å²) in [5, 5.41) is 10.5. The number of carboxylic acids is 1. The zero-order chi connectivity index (χ0) is 24.1. The molecule has 2 aromatic carbocycles. The highest BCUT2D eigenvalue weighted by Crippen LogP contribution is 2.45. The molecule has 1 amide bonds. The molecular formula is C27H20N2O5S. The summed E-state index contributed by atoms with van der Waals surface area (Å²) in [6.45, 7) is 1.000. The number of allylic oxidation sites excluding steroid dienone is 2. The normalized spacial score (nSPS) is 21.7. The molecule has 4 aliphatic rings. The third-order valence-electron chi connectivity index (χ3n) is 6.39. The number of rotatable bonds is 4. The van der Waals surface area contributed by atoms with Gasteiger partial charge in [-0.3, -0.25) is 14.5 Å². The van der Waals surface area contributed by atoms with Crippen LogP contribution in [0.4, 0.5) is 5.69 Å². The number of ether oxygens (including phenoxy) is 1. The van der Waals surface area contributed by atoms with Gasteiger partial charge in [0, 0.05) is 18.4 Å². The predicted molar refractivity (Wildman–Crippen MR) is 132 cm³/mol. The van der Waals surface area contributed by atoms with Crippen LogP contribution >= 0.6 is 11.8 Å². The topological polar surface area (TPSA) is 87.1 Å². The average molecular weight is 485 g/mol. The van der Waals surface area contributed by atoms with Crippen molar-refractivity contribution in [2.45, 2.75) is 18.3 Å². The summed E-state index contributed by atoms with van der Waals surface area (Å²) in [5.41, 5.74) is 3.96. The third kappa shape index (κ3) is 3.66. The smallest absolute Gasteiger partial charge is 0.353 e. The number of ketones is 1. The van der Waals surface area contributed by atoms with Crippen LogP contribution in [-0.2, 0) is 20.9 Å². The lowest BCUT2D eigenvalue weighted by molar-refractivity contribution is -0.141. The molecule has 1 fully saturated rings. The summed E-state index contributed by atoms with van der Waals surface area (Å²) < 4.78 is 6.19. The van der Waals surface area contributed by atoms with Gasteiger partial charge in [-0.05, 0) is 35.4 Å². The van der Waals surface area contributed by atoms with Crippen LogP contribution in [0.25, 0.3) is 6.08 Å². The zero-order valence-corrected chi connectivity index (χ0v) is 19.3. The van der Waals surface area contributed by atoms with Crippen LogP contribution < -0.4 is 9.64 Å². The first kappa shape index (κ1) is 21.5. The number of nitrogens with zero attached hydrogens (tertiary/aromatic N) is 2. The first-order chi connectivity index (χ1) is 17.0. The zero-order valence-electron chi connectivity index (χ0n) is 18.5. The van der Waals surface area contributed by atoms with Gasteiger partial charge in [-0.2, -0.15) is 0 Å². The second kappa shape index (κ2) is 8.32. The van der Waals surface area contributed by atoms with Crippen molar-refractivity contribution in [3.8, 4) is 5.75 Å². The summed E-state index contributed by atoms with van der Waals surface area (Å²) in [6.07, 6.45) is 5.84. The molecular weight excluding hydrogens is 464 g/mol. The number of anilines is 1. The highest BCUT2D eigenvalue weighted by molar-refractivity contribution is 8.03. The van der Waals surface area contributed by atoms with Crippen LogP contribution in [0.15, 0.2) is 88.7 Å². The van der Waals surface area contributed by atoms with E-state index in [1.54, 1.807) is 6.08 Å². The Morgan fingerprint density at radius 1 is 1.17 bits per heavy atom. The Morgan fingerprint density at radius 3 is 2.80 bits per heavy atom. The summed E-state index contributed by atoms with van der Waals surface area (Å²) in [7, 11) is 0. The summed E-state index contributed by atoms with van der Waals surface area (Å²) in [5.74, 6) is -0.140. The Balaban J connectivity index is 1.36. The quantitative estimate of drug-likeness (QED) is 0.517. The van der Waals surface area contributed by atoms with Crippen molar-refractivity contribution in [3.05, 3.63) is 99.8 Å². The van der Waals surface area contributed by atoms with Crippen LogP contribution in [0.5, 0.6) is 5.75 Å². The van der Waals surface area contributed by atoms with E-state index < -0.39 is 5.97 Å². The van der Waals surface area contributed by atoms with Gasteiger partial charge in [-0.15, -0.1) is 11.8 Å². The van der Waals surface area contributed by atoms with Gasteiger partial charge in [0.15, 0.2) is 11.5 Å². The van der Waals surface area contributed by atoms with E-state index in [-0.39, 0.29) is 22.8 Å². The minimum absolute atomic E-state index is 0.0147. The molecule has 0 unspecified atom stereocenters. The lowest BCUT2D eigenvalue weighted by atomic mass is 10.0. The molecule has 6 rings (SSSR count). The Labute approximate surface area is 205 Å². The minimum atomic E-state index is -1.11. The van der Waals surface area contributed by atoms with E-state index in [0.29, 0.717) is 42.2 Å². The lowest BCUT2D eigenvalue weighted by Crippen LogP contribution is -2.51. The molecule has 2 aromatic rings. The number of amides is 1. The van der Waals surface area contributed by atoms with Gasteiger partial charge in [0.05, 0.1) is 23.4 Å². The van der Waals surface area contributed by atoms with Crippen molar-refractivity contribution in [1.82, 2.24) is 4.90 Å². The van der Waals surface area contributed by atoms with E-state index in [1.807, 2.05) is 60.7 Å². The molecule has 1 atom stereocenters. The highest BCUT2D eigenvalue weighted by Gasteiger charge is 2.49. The van der Waals surface area contributed by atoms with Crippen molar-refractivity contribution in [2.24, 2.45) is 0 Å². The van der Waals surface area contributed by atoms with E-state index in [2.05, 4.69) is 4.90 Å². The van der Waals surface area contributed by atoms with Crippen LogP contribution in [0.3, 0.4) is 0 Å². The van der Waals surface area contributed by atoms with E-state index in [4.69, 9.17) is 4.74 Å². The molecule has 0 spiro atoms. The molecule has 174 valence electrons.